The van der Waals surface area contributed by atoms with E-state index in [1.807, 2.05) is 6.92 Å². The van der Waals surface area contributed by atoms with E-state index in [-0.39, 0.29) is 6.04 Å². The summed E-state index contributed by atoms with van der Waals surface area (Å²) in [5, 5.41) is 3.26. The molecule has 0 amide bonds. The van der Waals surface area contributed by atoms with E-state index >= 15 is 0 Å². The van der Waals surface area contributed by atoms with Crippen LogP contribution in [0.25, 0.3) is 0 Å². The summed E-state index contributed by atoms with van der Waals surface area (Å²) in [5.41, 5.74) is 11.0. The zero-order chi connectivity index (χ0) is 14.2. The highest BCUT2D eigenvalue weighted by Gasteiger charge is 1.94. The van der Waals surface area contributed by atoms with Gasteiger partial charge in [-0.15, -0.1) is 0 Å². The Balaban J connectivity index is 2.91. The zero-order valence-corrected chi connectivity index (χ0v) is 12.2. The summed E-state index contributed by atoms with van der Waals surface area (Å²) >= 11 is 0. The lowest BCUT2D eigenvalue weighted by atomic mass is 10.3. The Hall–Kier alpha value is -0.240. The summed E-state index contributed by atoms with van der Waals surface area (Å²) < 4.78 is 16.1. The molecule has 0 aliphatic heterocycles. The molecule has 0 aromatic carbocycles. The van der Waals surface area contributed by atoms with E-state index in [4.69, 9.17) is 25.7 Å². The molecule has 0 saturated heterocycles. The number of nitrogens with two attached hydrogens (primary N) is 2. The van der Waals surface area contributed by atoms with Crippen molar-refractivity contribution >= 4 is 0 Å². The molecule has 5 N–H and O–H groups in total. The normalized spacial score (nSPS) is 12.8. The van der Waals surface area contributed by atoms with Gasteiger partial charge in [0.1, 0.15) is 0 Å². The third-order valence-corrected chi connectivity index (χ3v) is 2.35. The van der Waals surface area contributed by atoms with Crippen LogP contribution in [0.4, 0.5) is 0 Å². The fourth-order valence-corrected chi connectivity index (χ4v) is 1.36. The standard InChI is InChI=1S/C13H31N3O3/c1-13(15)12-16-5-3-7-18-9-11-19-10-8-17-6-2-4-14/h13,16H,2-12,14-15H2,1H3. The fourth-order valence-electron chi connectivity index (χ4n) is 1.36. The van der Waals surface area contributed by atoms with E-state index in [2.05, 4.69) is 5.32 Å². The molecule has 0 rings (SSSR count). The van der Waals surface area contributed by atoms with Crippen LogP contribution in [0.5, 0.6) is 0 Å². The van der Waals surface area contributed by atoms with Crippen molar-refractivity contribution in [1.29, 1.82) is 0 Å². The molecule has 0 bridgehead atoms. The summed E-state index contributed by atoms with van der Waals surface area (Å²) in [5.74, 6) is 0. The molecule has 6 nitrogen and oxygen atoms in total. The Kier molecular flexibility index (Phi) is 15.6. The van der Waals surface area contributed by atoms with Crippen molar-refractivity contribution in [3.8, 4) is 0 Å². The predicted octanol–water partition coefficient (Wildman–Crippen LogP) is -0.288. The van der Waals surface area contributed by atoms with Crippen LogP contribution in [0.1, 0.15) is 19.8 Å². The number of nitrogens with one attached hydrogen (secondary N) is 1. The van der Waals surface area contributed by atoms with Crippen LogP contribution in [0.2, 0.25) is 0 Å². The number of ether oxygens (including phenoxy) is 3. The second kappa shape index (κ2) is 15.8. The first-order valence-electron chi connectivity index (χ1n) is 7.17. The van der Waals surface area contributed by atoms with Crippen molar-refractivity contribution in [3.63, 3.8) is 0 Å². The van der Waals surface area contributed by atoms with Gasteiger partial charge in [0.2, 0.25) is 0 Å². The first kappa shape index (κ1) is 18.8. The summed E-state index contributed by atoms with van der Waals surface area (Å²) in [6.45, 7) is 8.42. The molecule has 0 aliphatic carbocycles. The van der Waals surface area contributed by atoms with Crippen LogP contribution in [0, 0.1) is 0 Å². The molecular weight excluding hydrogens is 246 g/mol. The van der Waals surface area contributed by atoms with Gasteiger partial charge in [-0.05, 0) is 32.9 Å². The molecule has 0 aliphatic rings. The van der Waals surface area contributed by atoms with Gasteiger partial charge in [0.05, 0.1) is 26.4 Å². The van der Waals surface area contributed by atoms with Crippen LogP contribution < -0.4 is 16.8 Å². The lowest BCUT2D eigenvalue weighted by Gasteiger charge is -2.08. The Morgan fingerprint density at radius 2 is 1.42 bits per heavy atom. The molecule has 0 fully saturated rings. The molecule has 1 atom stereocenters. The molecule has 1 unspecified atom stereocenters. The highest BCUT2D eigenvalue weighted by molar-refractivity contribution is 4.56. The van der Waals surface area contributed by atoms with Crippen molar-refractivity contribution in [2.75, 3.05) is 59.3 Å². The Bertz CT molecular complexity index is 171. The maximum Gasteiger partial charge on any atom is 0.0701 e. The van der Waals surface area contributed by atoms with Crippen molar-refractivity contribution in [3.05, 3.63) is 0 Å². The van der Waals surface area contributed by atoms with Gasteiger partial charge < -0.3 is 31.0 Å². The molecular formula is C13H31N3O3. The van der Waals surface area contributed by atoms with Gasteiger partial charge in [0, 0.05) is 25.8 Å². The molecule has 0 aromatic rings. The minimum Gasteiger partial charge on any atom is -0.379 e. The smallest absolute Gasteiger partial charge is 0.0701 e. The second-order valence-corrected chi connectivity index (χ2v) is 4.51. The van der Waals surface area contributed by atoms with Gasteiger partial charge in [0.25, 0.3) is 0 Å². The number of hydrogen-bond acceptors (Lipinski definition) is 6. The van der Waals surface area contributed by atoms with Gasteiger partial charge in [-0.1, -0.05) is 0 Å². The fraction of sp³-hybridized carbons (Fsp3) is 1.00. The summed E-state index contributed by atoms with van der Waals surface area (Å²) in [6.07, 6.45) is 1.90. The van der Waals surface area contributed by atoms with E-state index in [1.54, 1.807) is 0 Å². The first-order chi connectivity index (χ1) is 9.27. The summed E-state index contributed by atoms with van der Waals surface area (Å²) in [4.78, 5) is 0. The number of rotatable bonds is 15. The Morgan fingerprint density at radius 1 is 0.895 bits per heavy atom. The maximum absolute atomic E-state index is 5.61. The van der Waals surface area contributed by atoms with Gasteiger partial charge in [-0.2, -0.15) is 0 Å². The molecule has 0 spiro atoms. The van der Waals surface area contributed by atoms with E-state index < -0.39 is 0 Å². The van der Waals surface area contributed by atoms with E-state index in [0.29, 0.717) is 39.6 Å². The molecule has 0 aromatic heterocycles. The Labute approximate surface area is 117 Å². The van der Waals surface area contributed by atoms with E-state index in [1.165, 1.54) is 0 Å². The molecule has 6 heteroatoms. The monoisotopic (exact) mass is 277 g/mol. The molecule has 0 radical (unpaired) electrons. The van der Waals surface area contributed by atoms with Crippen molar-refractivity contribution < 1.29 is 14.2 Å². The molecule has 0 saturated carbocycles. The van der Waals surface area contributed by atoms with Crippen LogP contribution in [-0.4, -0.2) is 65.3 Å². The van der Waals surface area contributed by atoms with Crippen molar-refractivity contribution in [2.24, 2.45) is 11.5 Å². The second-order valence-electron chi connectivity index (χ2n) is 4.51. The third-order valence-electron chi connectivity index (χ3n) is 2.35. The van der Waals surface area contributed by atoms with Crippen molar-refractivity contribution in [2.45, 2.75) is 25.8 Å². The minimum absolute atomic E-state index is 0.210. The lowest BCUT2D eigenvalue weighted by molar-refractivity contribution is 0.0141. The lowest BCUT2D eigenvalue weighted by Crippen LogP contribution is -2.31. The van der Waals surface area contributed by atoms with Crippen LogP contribution in [-0.2, 0) is 14.2 Å². The topological polar surface area (TPSA) is 91.8 Å². The third kappa shape index (κ3) is 17.8. The summed E-state index contributed by atoms with van der Waals surface area (Å²) in [6, 6.07) is 0.210. The van der Waals surface area contributed by atoms with E-state index in [0.717, 1.165) is 32.5 Å². The maximum atomic E-state index is 5.61. The first-order valence-corrected chi connectivity index (χ1v) is 7.17. The van der Waals surface area contributed by atoms with Crippen molar-refractivity contribution in [1.82, 2.24) is 5.32 Å². The highest BCUT2D eigenvalue weighted by atomic mass is 16.5. The SMILES string of the molecule is CC(N)CNCCCOCCOCCOCCCN. The van der Waals surface area contributed by atoms with Gasteiger partial charge in [-0.25, -0.2) is 0 Å². The van der Waals surface area contributed by atoms with Gasteiger partial charge in [-0.3, -0.25) is 0 Å². The van der Waals surface area contributed by atoms with Crippen LogP contribution in [0.3, 0.4) is 0 Å². The summed E-state index contributed by atoms with van der Waals surface area (Å²) in [7, 11) is 0. The molecule has 116 valence electrons. The average Bonchev–Trinajstić information content (AvgIpc) is 2.39. The predicted molar refractivity (Wildman–Crippen MR) is 77.3 cm³/mol. The van der Waals surface area contributed by atoms with Crippen LogP contribution >= 0.6 is 0 Å². The largest absolute Gasteiger partial charge is 0.379 e. The van der Waals surface area contributed by atoms with Crippen LogP contribution in [0.15, 0.2) is 0 Å². The zero-order valence-electron chi connectivity index (χ0n) is 12.2. The molecule has 0 heterocycles. The van der Waals surface area contributed by atoms with Gasteiger partial charge >= 0.3 is 0 Å². The van der Waals surface area contributed by atoms with E-state index in [9.17, 15) is 0 Å². The average molecular weight is 277 g/mol. The quantitative estimate of drug-likeness (QED) is 0.356. The molecule has 19 heavy (non-hydrogen) atoms. The highest BCUT2D eigenvalue weighted by Crippen LogP contribution is 1.85. The number of hydrogen-bond donors (Lipinski definition) is 3. The Morgan fingerprint density at radius 3 is 1.95 bits per heavy atom. The van der Waals surface area contributed by atoms with Gasteiger partial charge in [0.15, 0.2) is 0 Å². The minimum atomic E-state index is 0.210.